The fraction of sp³-hybridized carbons (Fsp3) is 0.800. The van der Waals surface area contributed by atoms with Crippen LogP contribution in [0.4, 0.5) is 0 Å². The van der Waals surface area contributed by atoms with E-state index in [1.54, 1.807) is 0 Å². The Labute approximate surface area is 83.0 Å². The van der Waals surface area contributed by atoms with E-state index in [1.165, 1.54) is 25.7 Å². The quantitative estimate of drug-likeness (QED) is 0.313. The van der Waals surface area contributed by atoms with Crippen molar-refractivity contribution in [1.82, 2.24) is 0 Å². The lowest BCUT2D eigenvalue weighted by Crippen LogP contribution is -1.90. The zero-order valence-electron chi connectivity index (χ0n) is 7.48. The van der Waals surface area contributed by atoms with Gasteiger partial charge < -0.3 is 4.74 Å². The molecule has 2 atom stereocenters. The summed E-state index contributed by atoms with van der Waals surface area (Å²) in [5.74, 6) is 6.04. The molecule has 0 bridgehead atoms. The van der Waals surface area contributed by atoms with Crippen LogP contribution in [0.3, 0.4) is 0 Å². The Morgan fingerprint density at radius 3 is 2.92 bits per heavy atom. The number of halogens is 1. The summed E-state index contributed by atoms with van der Waals surface area (Å²) >= 11 is 3.26. The zero-order valence-corrected chi connectivity index (χ0v) is 9.06. The van der Waals surface area contributed by atoms with E-state index in [1.807, 2.05) is 0 Å². The SMILES string of the molecule is CCCCC[C@@H]1O[C@H]1C#CCBr. The van der Waals surface area contributed by atoms with Crippen LogP contribution < -0.4 is 0 Å². The van der Waals surface area contributed by atoms with Gasteiger partial charge in [0.05, 0.1) is 11.4 Å². The van der Waals surface area contributed by atoms with Crippen molar-refractivity contribution in [3.8, 4) is 11.8 Å². The summed E-state index contributed by atoms with van der Waals surface area (Å²) in [4.78, 5) is 0. The standard InChI is InChI=1S/C10H15BrO/c1-2-3-4-6-9-10(12-9)7-5-8-11/h9-10H,2-4,6,8H2,1H3/t9-,10-/m0/s1. The average molecular weight is 231 g/mol. The molecule has 0 aliphatic carbocycles. The molecular weight excluding hydrogens is 216 g/mol. The molecule has 0 saturated carbocycles. The van der Waals surface area contributed by atoms with Crippen molar-refractivity contribution in [3.63, 3.8) is 0 Å². The first-order valence-electron chi connectivity index (χ1n) is 4.58. The van der Waals surface area contributed by atoms with Crippen molar-refractivity contribution in [2.45, 2.75) is 44.8 Å². The van der Waals surface area contributed by atoms with Crippen molar-refractivity contribution < 1.29 is 4.74 Å². The Morgan fingerprint density at radius 1 is 1.42 bits per heavy atom. The summed E-state index contributed by atoms with van der Waals surface area (Å²) in [6.45, 7) is 2.22. The molecule has 1 heterocycles. The maximum atomic E-state index is 5.37. The fourth-order valence-corrected chi connectivity index (χ4v) is 1.39. The third-order valence-corrected chi connectivity index (χ3v) is 2.27. The molecule has 0 aromatic carbocycles. The third kappa shape index (κ3) is 3.60. The number of alkyl halides is 1. The van der Waals surface area contributed by atoms with E-state index >= 15 is 0 Å². The van der Waals surface area contributed by atoms with Crippen molar-refractivity contribution in [2.75, 3.05) is 5.33 Å². The Kier molecular flexibility index (Phi) is 4.72. The van der Waals surface area contributed by atoms with E-state index < -0.39 is 0 Å². The van der Waals surface area contributed by atoms with Crippen molar-refractivity contribution in [2.24, 2.45) is 0 Å². The minimum absolute atomic E-state index is 0.249. The third-order valence-electron chi connectivity index (χ3n) is 1.99. The average Bonchev–Trinajstić information content (AvgIpc) is 2.81. The molecule has 1 nitrogen and oxygen atoms in total. The lowest BCUT2D eigenvalue weighted by Gasteiger charge is -1.91. The van der Waals surface area contributed by atoms with E-state index in [4.69, 9.17) is 4.74 Å². The molecule has 0 amide bonds. The highest BCUT2D eigenvalue weighted by Gasteiger charge is 2.36. The molecule has 0 radical (unpaired) electrons. The molecule has 68 valence electrons. The second-order valence-corrected chi connectivity index (χ2v) is 3.61. The first-order valence-corrected chi connectivity index (χ1v) is 5.70. The van der Waals surface area contributed by atoms with Crippen LogP contribution in [0, 0.1) is 11.8 Å². The van der Waals surface area contributed by atoms with E-state index in [0.29, 0.717) is 6.10 Å². The van der Waals surface area contributed by atoms with Crippen LogP contribution in [0.15, 0.2) is 0 Å². The number of hydrogen-bond acceptors (Lipinski definition) is 1. The van der Waals surface area contributed by atoms with Crippen LogP contribution >= 0.6 is 15.9 Å². The lowest BCUT2D eigenvalue weighted by molar-refractivity contribution is 0.376. The van der Waals surface area contributed by atoms with E-state index in [0.717, 1.165) is 5.33 Å². The molecule has 1 saturated heterocycles. The summed E-state index contributed by atoms with van der Waals surface area (Å²) in [5, 5.41) is 0.758. The number of rotatable bonds is 4. The van der Waals surface area contributed by atoms with Gasteiger partial charge in [-0.3, -0.25) is 0 Å². The van der Waals surface area contributed by atoms with Crippen LogP contribution in [0.25, 0.3) is 0 Å². The Balaban J connectivity index is 2.00. The maximum absolute atomic E-state index is 5.37. The zero-order chi connectivity index (χ0) is 8.81. The molecule has 2 heteroatoms. The number of ether oxygens (including phenoxy) is 1. The molecule has 1 fully saturated rings. The van der Waals surface area contributed by atoms with Crippen LogP contribution in [0.2, 0.25) is 0 Å². The Bertz CT molecular complexity index is 180. The van der Waals surface area contributed by atoms with Crippen LogP contribution in [0.5, 0.6) is 0 Å². The molecule has 0 aromatic heterocycles. The Hall–Kier alpha value is 0. The monoisotopic (exact) mass is 230 g/mol. The minimum Gasteiger partial charge on any atom is -0.356 e. The normalized spacial score (nSPS) is 26.2. The predicted molar refractivity (Wildman–Crippen MR) is 54.4 cm³/mol. The van der Waals surface area contributed by atoms with Gasteiger partial charge in [0.25, 0.3) is 0 Å². The first-order chi connectivity index (χ1) is 5.88. The molecule has 1 aliphatic rings. The molecule has 0 unspecified atom stereocenters. The van der Waals surface area contributed by atoms with Crippen LogP contribution in [0.1, 0.15) is 32.6 Å². The van der Waals surface area contributed by atoms with Gasteiger partial charge in [0.2, 0.25) is 0 Å². The van der Waals surface area contributed by atoms with Gasteiger partial charge >= 0.3 is 0 Å². The van der Waals surface area contributed by atoms with Gasteiger partial charge in [-0.05, 0) is 6.42 Å². The van der Waals surface area contributed by atoms with Gasteiger partial charge in [0.1, 0.15) is 6.10 Å². The van der Waals surface area contributed by atoms with Crippen molar-refractivity contribution in [3.05, 3.63) is 0 Å². The van der Waals surface area contributed by atoms with Crippen molar-refractivity contribution >= 4 is 15.9 Å². The van der Waals surface area contributed by atoms with Crippen LogP contribution in [-0.2, 0) is 4.74 Å². The van der Waals surface area contributed by atoms with E-state index in [2.05, 4.69) is 34.7 Å². The summed E-state index contributed by atoms with van der Waals surface area (Å²) in [6, 6.07) is 0. The highest BCUT2D eigenvalue weighted by molar-refractivity contribution is 9.09. The predicted octanol–water partition coefficient (Wildman–Crippen LogP) is 2.73. The summed E-state index contributed by atoms with van der Waals surface area (Å²) in [7, 11) is 0. The number of unbranched alkanes of at least 4 members (excludes halogenated alkanes) is 2. The summed E-state index contributed by atoms with van der Waals surface area (Å²) < 4.78 is 5.37. The smallest absolute Gasteiger partial charge is 0.144 e. The molecule has 1 aliphatic heterocycles. The molecule has 12 heavy (non-hydrogen) atoms. The molecule has 0 N–H and O–H groups in total. The number of epoxide rings is 1. The van der Waals surface area contributed by atoms with Crippen molar-refractivity contribution in [1.29, 1.82) is 0 Å². The largest absolute Gasteiger partial charge is 0.356 e. The van der Waals surface area contributed by atoms with Gasteiger partial charge in [0.15, 0.2) is 0 Å². The van der Waals surface area contributed by atoms with Gasteiger partial charge in [-0.1, -0.05) is 54.0 Å². The topological polar surface area (TPSA) is 12.5 Å². The van der Waals surface area contributed by atoms with E-state index in [-0.39, 0.29) is 6.10 Å². The molecular formula is C10H15BrO. The minimum atomic E-state index is 0.249. The number of hydrogen-bond donors (Lipinski definition) is 0. The maximum Gasteiger partial charge on any atom is 0.144 e. The highest BCUT2D eigenvalue weighted by atomic mass is 79.9. The molecule has 1 rings (SSSR count). The Morgan fingerprint density at radius 2 is 2.25 bits per heavy atom. The van der Waals surface area contributed by atoms with Gasteiger partial charge in [0, 0.05) is 0 Å². The fourth-order valence-electron chi connectivity index (χ4n) is 1.22. The molecule has 0 spiro atoms. The lowest BCUT2D eigenvalue weighted by atomic mass is 10.1. The second-order valence-electron chi connectivity index (χ2n) is 3.05. The summed E-state index contributed by atoms with van der Waals surface area (Å²) in [5.41, 5.74) is 0. The van der Waals surface area contributed by atoms with Crippen LogP contribution in [-0.4, -0.2) is 17.5 Å². The van der Waals surface area contributed by atoms with Gasteiger partial charge in [-0.2, -0.15) is 0 Å². The second kappa shape index (κ2) is 5.61. The summed E-state index contributed by atoms with van der Waals surface area (Å²) in [6.07, 6.45) is 5.77. The first kappa shape index (κ1) is 10.1. The van der Waals surface area contributed by atoms with E-state index in [9.17, 15) is 0 Å². The molecule has 0 aromatic rings. The van der Waals surface area contributed by atoms with Gasteiger partial charge in [-0.15, -0.1) is 0 Å². The highest BCUT2D eigenvalue weighted by Crippen LogP contribution is 2.26. The van der Waals surface area contributed by atoms with Gasteiger partial charge in [-0.25, -0.2) is 0 Å².